The SMILES string of the molecule is COCC[C@@]1(O)C(=O)OCc2c1cc1n(c2=O)Cc2c-1nc1cc(F)c(C)c3c1c2[C@@H](NC(=O)CO)CS3. The summed E-state index contributed by atoms with van der Waals surface area (Å²) in [6.45, 7) is 0.907. The van der Waals surface area contributed by atoms with E-state index in [-0.39, 0.29) is 37.3 Å². The molecule has 3 aromatic rings. The number of fused-ring (bicyclic) bond motifs is 5. The second kappa shape index (κ2) is 8.87. The molecule has 0 spiro atoms. The van der Waals surface area contributed by atoms with E-state index < -0.39 is 41.5 Å². The van der Waals surface area contributed by atoms with E-state index in [2.05, 4.69) is 5.32 Å². The average molecular weight is 542 g/mol. The van der Waals surface area contributed by atoms with Crippen molar-refractivity contribution in [3.05, 3.63) is 56.1 Å². The molecule has 0 radical (unpaired) electrons. The molecule has 0 bridgehead atoms. The molecule has 198 valence electrons. The summed E-state index contributed by atoms with van der Waals surface area (Å²) in [5.41, 5.74) is 0.815. The van der Waals surface area contributed by atoms with Crippen LogP contribution >= 0.6 is 11.8 Å². The van der Waals surface area contributed by atoms with E-state index in [9.17, 15) is 29.0 Å². The number of esters is 1. The first kappa shape index (κ1) is 25.0. The highest BCUT2D eigenvalue weighted by molar-refractivity contribution is 7.99. The van der Waals surface area contributed by atoms with Crippen LogP contribution in [0.1, 0.15) is 40.3 Å². The van der Waals surface area contributed by atoms with Gasteiger partial charge in [-0.2, -0.15) is 0 Å². The lowest BCUT2D eigenvalue weighted by molar-refractivity contribution is -0.174. The predicted molar refractivity (Wildman–Crippen MR) is 134 cm³/mol. The molecule has 0 saturated heterocycles. The van der Waals surface area contributed by atoms with E-state index in [0.29, 0.717) is 44.7 Å². The minimum Gasteiger partial charge on any atom is -0.458 e. The Labute approximate surface area is 219 Å². The molecule has 10 nitrogen and oxygen atoms in total. The molecule has 1 amide bonds. The van der Waals surface area contributed by atoms with Crippen molar-refractivity contribution in [2.75, 3.05) is 26.1 Å². The van der Waals surface area contributed by atoms with Crippen molar-refractivity contribution in [3.63, 3.8) is 0 Å². The summed E-state index contributed by atoms with van der Waals surface area (Å²) < 4.78 is 26.7. The highest BCUT2D eigenvalue weighted by atomic mass is 32.2. The van der Waals surface area contributed by atoms with Gasteiger partial charge in [0.15, 0.2) is 5.60 Å². The number of carbonyl (C=O) groups excluding carboxylic acids is 2. The third kappa shape index (κ3) is 3.44. The number of aliphatic hydroxyl groups excluding tert-OH is 1. The lowest BCUT2D eigenvalue weighted by Gasteiger charge is -2.32. The maximum atomic E-state index is 14.9. The Balaban J connectivity index is 1.63. The minimum atomic E-state index is -2.07. The van der Waals surface area contributed by atoms with Gasteiger partial charge in [-0.1, -0.05) is 0 Å². The number of benzene rings is 1. The van der Waals surface area contributed by atoms with E-state index >= 15 is 0 Å². The largest absolute Gasteiger partial charge is 0.458 e. The lowest BCUT2D eigenvalue weighted by Crippen LogP contribution is -2.45. The van der Waals surface area contributed by atoms with Crippen molar-refractivity contribution >= 4 is 34.5 Å². The van der Waals surface area contributed by atoms with Crippen LogP contribution in [0.25, 0.3) is 22.3 Å². The van der Waals surface area contributed by atoms with Gasteiger partial charge in [-0.15, -0.1) is 11.8 Å². The molecule has 6 rings (SSSR count). The van der Waals surface area contributed by atoms with Crippen LogP contribution < -0.4 is 10.9 Å². The maximum absolute atomic E-state index is 14.9. The molecule has 3 aliphatic heterocycles. The van der Waals surface area contributed by atoms with Crippen molar-refractivity contribution in [1.82, 2.24) is 14.9 Å². The number of halogens is 1. The smallest absolute Gasteiger partial charge is 0.343 e. The molecule has 3 N–H and O–H groups in total. The number of methoxy groups -OCH3 is 1. The van der Waals surface area contributed by atoms with Crippen LogP contribution in [0.4, 0.5) is 4.39 Å². The van der Waals surface area contributed by atoms with Crippen molar-refractivity contribution in [2.45, 2.75) is 43.0 Å². The third-order valence-corrected chi connectivity index (χ3v) is 8.84. The number of aliphatic hydroxyl groups is 2. The Morgan fingerprint density at radius 1 is 1.37 bits per heavy atom. The monoisotopic (exact) mass is 541 g/mol. The first-order valence-electron chi connectivity index (χ1n) is 12.0. The summed E-state index contributed by atoms with van der Waals surface area (Å²) in [5.74, 6) is -1.44. The van der Waals surface area contributed by atoms with Crippen molar-refractivity contribution in [1.29, 1.82) is 0 Å². The van der Waals surface area contributed by atoms with Gasteiger partial charge in [-0.3, -0.25) is 9.59 Å². The molecule has 0 unspecified atom stereocenters. The number of aromatic nitrogens is 2. The van der Waals surface area contributed by atoms with Crippen LogP contribution in [-0.4, -0.2) is 57.7 Å². The summed E-state index contributed by atoms with van der Waals surface area (Å²) in [5, 5.41) is 24.2. The zero-order valence-corrected chi connectivity index (χ0v) is 21.4. The number of nitrogens with one attached hydrogen (secondary N) is 1. The summed E-state index contributed by atoms with van der Waals surface area (Å²) in [6, 6.07) is 2.40. The number of cyclic esters (lactones) is 1. The zero-order valence-electron chi connectivity index (χ0n) is 20.6. The Morgan fingerprint density at radius 2 is 2.16 bits per heavy atom. The molecule has 2 atom stereocenters. The van der Waals surface area contributed by atoms with Crippen molar-refractivity contribution in [3.8, 4) is 11.4 Å². The molecule has 1 aromatic carbocycles. The number of pyridine rings is 2. The molecule has 0 saturated carbocycles. The number of amides is 1. The first-order valence-corrected chi connectivity index (χ1v) is 13.0. The van der Waals surface area contributed by atoms with Gasteiger partial charge < -0.3 is 29.6 Å². The van der Waals surface area contributed by atoms with Crippen LogP contribution in [0, 0.1) is 12.7 Å². The highest BCUT2D eigenvalue weighted by Crippen LogP contribution is 2.48. The van der Waals surface area contributed by atoms with Crippen LogP contribution in [0.2, 0.25) is 0 Å². The molecule has 12 heteroatoms. The molecule has 0 fully saturated rings. The number of hydrogen-bond acceptors (Lipinski definition) is 9. The molecule has 0 aliphatic carbocycles. The second-order valence-electron chi connectivity index (χ2n) is 9.64. The Morgan fingerprint density at radius 3 is 2.89 bits per heavy atom. The Bertz CT molecular complexity index is 1620. The summed E-state index contributed by atoms with van der Waals surface area (Å²) in [4.78, 5) is 44.0. The minimum absolute atomic E-state index is 0.0540. The molecule has 3 aliphatic rings. The van der Waals surface area contributed by atoms with Gasteiger partial charge in [-0.25, -0.2) is 14.2 Å². The maximum Gasteiger partial charge on any atom is 0.343 e. The van der Waals surface area contributed by atoms with E-state index in [1.165, 1.54) is 29.5 Å². The number of carbonyl (C=O) groups is 2. The highest BCUT2D eigenvalue weighted by Gasteiger charge is 2.47. The van der Waals surface area contributed by atoms with Crippen LogP contribution in [0.5, 0.6) is 0 Å². The number of rotatable bonds is 5. The number of ether oxygens (including phenoxy) is 2. The molecular formula is C26H24FN3O7S. The molecular weight excluding hydrogens is 517 g/mol. The second-order valence-corrected chi connectivity index (χ2v) is 10.7. The topological polar surface area (TPSA) is 140 Å². The fraction of sp³-hybridized carbons (Fsp3) is 0.385. The summed E-state index contributed by atoms with van der Waals surface area (Å²) >= 11 is 1.40. The van der Waals surface area contributed by atoms with E-state index in [1.807, 2.05) is 0 Å². The van der Waals surface area contributed by atoms with Crippen LogP contribution in [0.15, 0.2) is 21.8 Å². The average Bonchev–Trinajstić information content (AvgIpc) is 3.27. The van der Waals surface area contributed by atoms with Crippen LogP contribution in [0.3, 0.4) is 0 Å². The molecule has 5 heterocycles. The fourth-order valence-electron chi connectivity index (χ4n) is 5.63. The normalized spacial score (nSPS) is 21.1. The number of nitrogens with zero attached hydrogens (tertiary/aromatic N) is 2. The van der Waals surface area contributed by atoms with E-state index in [4.69, 9.17) is 14.5 Å². The molecule has 2 aromatic heterocycles. The fourth-order valence-corrected chi connectivity index (χ4v) is 6.89. The number of thioether (sulfide) groups is 1. The third-order valence-electron chi connectivity index (χ3n) is 7.54. The molecule has 38 heavy (non-hydrogen) atoms. The van der Waals surface area contributed by atoms with Crippen molar-refractivity contribution in [2.24, 2.45) is 0 Å². The first-order chi connectivity index (χ1) is 18.2. The Kier molecular flexibility index (Phi) is 5.83. The van der Waals surface area contributed by atoms with Gasteiger partial charge in [0.05, 0.1) is 35.1 Å². The predicted octanol–water partition coefficient (Wildman–Crippen LogP) is 1.41. The summed E-state index contributed by atoms with van der Waals surface area (Å²) in [7, 11) is 1.44. The Hall–Kier alpha value is -3.32. The standard InChI is InChI=1S/C26H24FN3O7S/c1-11-15(27)6-16-21-20(17(10-38-23(11)21)28-19(32)8-31)12-7-30-18(22(12)29-16)5-14-13(24(30)33)9-37-25(34)26(14,35)3-4-36-2/h5-6,17,31,35H,3-4,7-10H2,1-2H3,(H,28,32)/t17-,26-/m0/s1. The quantitative estimate of drug-likeness (QED) is 0.320. The van der Waals surface area contributed by atoms with E-state index in [1.54, 1.807) is 13.0 Å². The van der Waals surface area contributed by atoms with Gasteiger partial charge in [0.2, 0.25) is 5.91 Å². The van der Waals surface area contributed by atoms with Gasteiger partial charge in [0.25, 0.3) is 5.56 Å². The van der Waals surface area contributed by atoms with E-state index in [0.717, 1.165) is 4.90 Å². The van der Waals surface area contributed by atoms with Crippen molar-refractivity contribution < 1.29 is 33.7 Å². The van der Waals surface area contributed by atoms with Gasteiger partial charge >= 0.3 is 5.97 Å². The van der Waals surface area contributed by atoms with Gasteiger partial charge in [0, 0.05) is 53.4 Å². The van der Waals surface area contributed by atoms with Crippen LogP contribution in [-0.2, 0) is 37.8 Å². The summed E-state index contributed by atoms with van der Waals surface area (Å²) in [6.07, 6.45) is -0.109. The lowest BCUT2D eigenvalue weighted by atomic mass is 9.85. The number of hydrogen-bond donors (Lipinski definition) is 3. The zero-order chi connectivity index (χ0) is 26.9. The van der Waals surface area contributed by atoms with Gasteiger partial charge in [-0.05, 0) is 24.1 Å². The van der Waals surface area contributed by atoms with Gasteiger partial charge in [0.1, 0.15) is 19.0 Å².